The van der Waals surface area contributed by atoms with Crippen molar-refractivity contribution in [3.05, 3.63) is 70.4 Å². The van der Waals surface area contributed by atoms with Gasteiger partial charge in [0.15, 0.2) is 0 Å². The number of aromatic nitrogens is 4. The first-order chi connectivity index (χ1) is 18.0. The fraction of sp³-hybridized carbons (Fsp3) is 0.407. The first-order valence-corrected chi connectivity index (χ1v) is 12.6. The Balaban J connectivity index is 1.54. The highest BCUT2D eigenvalue weighted by Crippen LogP contribution is 2.28. The summed E-state index contributed by atoms with van der Waals surface area (Å²) in [6, 6.07) is 6.44. The van der Waals surface area contributed by atoms with Crippen LogP contribution in [0.1, 0.15) is 43.0 Å². The van der Waals surface area contributed by atoms with E-state index in [0.717, 1.165) is 28.6 Å². The number of benzene rings is 1. The van der Waals surface area contributed by atoms with E-state index >= 15 is 0 Å². The number of carbonyl (C=O) groups is 1. The van der Waals surface area contributed by atoms with Crippen LogP contribution in [0.5, 0.6) is 0 Å². The molecule has 37 heavy (non-hydrogen) atoms. The van der Waals surface area contributed by atoms with Gasteiger partial charge in [0.25, 0.3) is 0 Å². The summed E-state index contributed by atoms with van der Waals surface area (Å²) in [6.45, 7) is 1.37. The number of carbonyl (C=O) groups excluding carboxylic acids is 1. The molecular formula is C27H30FN5O4. The van der Waals surface area contributed by atoms with Crippen LogP contribution in [0.25, 0.3) is 21.8 Å². The lowest BCUT2D eigenvalue weighted by molar-refractivity contribution is 0.107. The molecule has 0 radical (unpaired) electrons. The number of amides is 1. The highest BCUT2D eigenvalue weighted by atomic mass is 19.1. The Kier molecular flexibility index (Phi) is 7.18. The summed E-state index contributed by atoms with van der Waals surface area (Å²) < 4.78 is 22.2. The zero-order valence-electron chi connectivity index (χ0n) is 20.8. The second kappa shape index (κ2) is 10.7. The van der Waals surface area contributed by atoms with Crippen LogP contribution in [-0.4, -0.2) is 62.0 Å². The molecular weight excluding hydrogens is 477 g/mol. The van der Waals surface area contributed by atoms with Gasteiger partial charge in [-0.3, -0.25) is 19.1 Å². The minimum atomic E-state index is -0.353. The van der Waals surface area contributed by atoms with Gasteiger partial charge in [0.1, 0.15) is 5.82 Å². The van der Waals surface area contributed by atoms with Gasteiger partial charge in [-0.05, 0) is 61.3 Å². The Morgan fingerprint density at radius 2 is 1.97 bits per heavy atom. The third-order valence-electron chi connectivity index (χ3n) is 7.22. The van der Waals surface area contributed by atoms with Gasteiger partial charge >= 0.3 is 11.8 Å². The molecule has 1 aromatic carbocycles. The van der Waals surface area contributed by atoms with E-state index in [1.54, 1.807) is 34.1 Å². The molecule has 1 fully saturated rings. The lowest BCUT2D eigenvalue weighted by atomic mass is 9.99. The number of piperidine rings is 1. The van der Waals surface area contributed by atoms with Crippen LogP contribution in [0.2, 0.25) is 0 Å². The quantitative estimate of drug-likeness (QED) is 0.383. The molecule has 9 nitrogen and oxygen atoms in total. The van der Waals surface area contributed by atoms with Gasteiger partial charge in [-0.1, -0.05) is 6.07 Å². The van der Waals surface area contributed by atoms with Crippen molar-refractivity contribution < 1.29 is 19.0 Å². The number of hydrogen-bond donors (Lipinski definition) is 1. The van der Waals surface area contributed by atoms with Gasteiger partial charge in [0, 0.05) is 43.5 Å². The molecule has 1 amide bonds. The molecule has 10 heteroatoms. The van der Waals surface area contributed by atoms with Crippen LogP contribution in [0, 0.1) is 5.82 Å². The van der Waals surface area contributed by atoms with Crippen molar-refractivity contribution in [1.29, 1.82) is 0 Å². The van der Waals surface area contributed by atoms with Crippen LogP contribution in [-0.2, 0) is 17.7 Å². The zero-order valence-corrected chi connectivity index (χ0v) is 20.8. The number of imidazole rings is 1. The predicted molar refractivity (Wildman–Crippen MR) is 137 cm³/mol. The van der Waals surface area contributed by atoms with Gasteiger partial charge in [0.05, 0.1) is 36.6 Å². The molecule has 0 bridgehead atoms. The van der Waals surface area contributed by atoms with Gasteiger partial charge in [-0.15, -0.1) is 0 Å². The number of hydrogen-bond acceptors (Lipinski definition) is 6. The van der Waals surface area contributed by atoms with E-state index in [-0.39, 0.29) is 36.8 Å². The Labute approximate surface area is 213 Å². The molecule has 4 aromatic rings. The molecule has 5 rings (SSSR count). The van der Waals surface area contributed by atoms with E-state index in [4.69, 9.17) is 4.74 Å². The summed E-state index contributed by atoms with van der Waals surface area (Å²) in [6.07, 6.45) is 7.99. The number of unbranched alkanes of at least 4 members (excludes halogenated alkanes) is 1. The van der Waals surface area contributed by atoms with E-state index in [2.05, 4.69) is 9.97 Å². The van der Waals surface area contributed by atoms with Crippen LogP contribution in [0.15, 0.2) is 47.7 Å². The second-order valence-corrected chi connectivity index (χ2v) is 9.39. The first kappa shape index (κ1) is 24.9. The molecule has 0 saturated carbocycles. The highest BCUT2D eigenvalue weighted by Gasteiger charge is 2.28. The fourth-order valence-corrected chi connectivity index (χ4v) is 5.34. The monoisotopic (exact) mass is 507 g/mol. The molecule has 0 unspecified atom stereocenters. The Morgan fingerprint density at radius 3 is 2.73 bits per heavy atom. The van der Waals surface area contributed by atoms with E-state index in [1.807, 2.05) is 10.6 Å². The summed E-state index contributed by atoms with van der Waals surface area (Å²) in [5, 5.41) is 10.9. The number of methoxy groups -OCH3 is 1. The number of halogens is 1. The van der Waals surface area contributed by atoms with E-state index in [1.165, 1.54) is 19.2 Å². The molecule has 0 spiro atoms. The van der Waals surface area contributed by atoms with Crippen LogP contribution in [0.4, 0.5) is 9.18 Å². The minimum Gasteiger partial charge on any atom is -0.453 e. The predicted octanol–water partition coefficient (Wildman–Crippen LogP) is 3.65. The Bertz CT molecular complexity index is 1490. The Hall–Kier alpha value is -3.79. The smallest absolute Gasteiger partial charge is 0.409 e. The number of pyridine rings is 2. The molecule has 1 aliphatic rings. The molecule has 1 aliphatic heterocycles. The van der Waals surface area contributed by atoms with Crippen LogP contribution < -0.4 is 5.69 Å². The average Bonchev–Trinajstić information content (AvgIpc) is 3.20. The zero-order chi connectivity index (χ0) is 25.9. The number of nitrogens with zero attached hydrogens (tertiary/aromatic N) is 5. The number of aliphatic hydroxyl groups is 1. The van der Waals surface area contributed by atoms with Crippen molar-refractivity contribution in [2.75, 3.05) is 26.8 Å². The van der Waals surface area contributed by atoms with E-state index in [9.17, 15) is 19.1 Å². The van der Waals surface area contributed by atoms with Gasteiger partial charge < -0.3 is 14.7 Å². The number of ether oxygens (including phenoxy) is 1. The molecule has 4 heterocycles. The topological polar surface area (TPSA) is 102 Å². The average molecular weight is 508 g/mol. The maximum atomic E-state index is 13.9. The SMILES string of the molecule is COC(=O)N1CCC(n2c(=O)n(Cc3ncc4cc(F)ccc4c3CCCCO)c3cnccc32)CC1. The van der Waals surface area contributed by atoms with Crippen LogP contribution >= 0.6 is 0 Å². The number of likely N-dealkylation sites (tertiary alicyclic amines) is 1. The molecule has 1 N–H and O–H groups in total. The second-order valence-electron chi connectivity index (χ2n) is 9.39. The van der Waals surface area contributed by atoms with Crippen molar-refractivity contribution in [2.24, 2.45) is 0 Å². The van der Waals surface area contributed by atoms with Gasteiger partial charge in [-0.2, -0.15) is 0 Å². The molecule has 194 valence electrons. The lowest BCUT2D eigenvalue weighted by Crippen LogP contribution is -2.41. The van der Waals surface area contributed by atoms with Crippen molar-refractivity contribution in [3.63, 3.8) is 0 Å². The minimum absolute atomic E-state index is 0.0591. The maximum Gasteiger partial charge on any atom is 0.409 e. The van der Waals surface area contributed by atoms with Gasteiger partial charge in [-0.25, -0.2) is 14.0 Å². The molecule has 0 aliphatic carbocycles. The summed E-state index contributed by atoms with van der Waals surface area (Å²) >= 11 is 0. The molecule has 1 saturated heterocycles. The summed E-state index contributed by atoms with van der Waals surface area (Å²) in [5.74, 6) is -0.327. The third-order valence-corrected chi connectivity index (χ3v) is 7.22. The largest absolute Gasteiger partial charge is 0.453 e. The van der Waals surface area contributed by atoms with E-state index in [0.29, 0.717) is 49.7 Å². The summed E-state index contributed by atoms with van der Waals surface area (Å²) in [7, 11) is 1.37. The number of aliphatic hydroxyl groups excluding tert-OH is 1. The number of rotatable bonds is 7. The standard InChI is InChI=1S/C27H30FN5O4/c1-37-27(36)31-11-8-20(9-12-31)33-24-7-10-29-16-25(24)32(26(33)35)17-23-22(4-2-3-13-34)21-6-5-19(28)14-18(21)15-30-23/h5-7,10,14-16,20,34H,2-4,8-9,11-13,17H2,1H3. The summed E-state index contributed by atoms with van der Waals surface area (Å²) in [4.78, 5) is 36.3. The number of fused-ring (bicyclic) bond motifs is 2. The molecule has 3 aromatic heterocycles. The van der Waals surface area contributed by atoms with Crippen LogP contribution in [0.3, 0.4) is 0 Å². The van der Waals surface area contributed by atoms with Crippen molar-refractivity contribution in [1.82, 2.24) is 24.0 Å². The van der Waals surface area contributed by atoms with Crippen molar-refractivity contribution in [2.45, 2.75) is 44.7 Å². The van der Waals surface area contributed by atoms with E-state index < -0.39 is 0 Å². The van der Waals surface area contributed by atoms with Crippen molar-refractivity contribution >= 4 is 27.9 Å². The maximum absolute atomic E-state index is 13.9. The van der Waals surface area contributed by atoms with Gasteiger partial charge in [0.2, 0.25) is 0 Å². The number of aryl methyl sites for hydroxylation is 1. The van der Waals surface area contributed by atoms with Crippen molar-refractivity contribution in [3.8, 4) is 0 Å². The summed E-state index contributed by atoms with van der Waals surface area (Å²) in [5.41, 5.74) is 3.05. The Morgan fingerprint density at radius 1 is 1.16 bits per heavy atom. The fourth-order valence-electron chi connectivity index (χ4n) is 5.34. The first-order valence-electron chi connectivity index (χ1n) is 12.6. The normalized spacial score (nSPS) is 14.5. The third kappa shape index (κ3) is 4.81. The molecule has 0 atom stereocenters. The highest BCUT2D eigenvalue weighted by molar-refractivity contribution is 5.85. The lowest BCUT2D eigenvalue weighted by Gasteiger charge is -2.31.